The molecule has 2 aliphatic heterocycles. The molecule has 1 spiro atoms. The molecule has 0 bridgehead atoms. The fourth-order valence-corrected chi connectivity index (χ4v) is 4.50. The smallest absolute Gasteiger partial charge is 0.255 e. The SMILES string of the molecule is COc1cc(C)nc(N2CCC3(CC2)OCCN(Cc2c[nH]c4ncccc24)C3=O)n1. The number of carbonyl (C=O) groups is 1. The summed E-state index contributed by atoms with van der Waals surface area (Å²) < 4.78 is 11.4. The number of anilines is 1. The number of aromatic nitrogens is 4. The van der Waals surface area contributed by atoms with Crippen LogP contribution in [0.15, 0.2) is 30.6 Å². The van der Waals surface area contributed by atoms with Gasteiger partial charge in [-0.25, -0.2) is 9.97 Å². The zero-order valence-electron chi connectivity index (χ0n) is 17.8. The Bertz CT molecular complexity index is 1110. The number of carbonyl (C=O) groups excluding carboxylic acids is 1. The second-order valence-corrected chi connectivity index (χ2v) is 8.12. The molecule has 3 aromatic rings. The lowest BCUT2D eigenvalue weighted by molar-refractivity contribution is -0.176. The second-order valence-electron chi connectivity index (χ2n) is 8.12. The summed E-state index contributed by atoms with van der Waals surface area (Å²) in [6.07, 6.45) is 4.92. The van der Waals surface area contributed by atoms with E-state index in [0.717, 1.165) is 22.3 Å². The van der Waals surface area contributed by atoms with Crippen LogP contribution in [0.25, 0.3) is 11.0 Å². The molecule has 2 fully saturated rings. The number of nitrogens with one attached hydrogen (secondary N) is 1. The fourth-order valence-electron chi connectivity index (χ4n) is 4.50. The second kappa shape index (κ2) is 7.81. The lowest BCUT2D eigenvalue weighted by Gasteiger charge is -2.46. The monoisotopic (exact) mass is 422 g/mol. The number of hydrogen-bond donors (Lipinski definition) is 1. The topological polar surface area (TPSA) is 96.5 Å². The molecule has 3 aromatic heterocycles. The minimum atomic E-state index is -0.771. The average molecular weight is 422 g/mol. The van der Waals surface area contributed by atoms with E-state index in [1.54, 1.807) is 19.4 Å². The van der Waals surface area contributed by atoms with Gasteiger partial charge in [0.05, 0.1) is 13.7 Å². The molecule has 0 aromatic carbocycles. The Morgan fingerprint density at radius 3 is 2.90 bits per heavy atom. The number of H-pyrrole nitrogens is 1. The highest BCUT2D eigenvalue weighted by atomic mass is 16.5. The molecular weight excluding hydrogens is 396 g/mol. The molecule has 9 heteroatoms. The number of morpholine rings is 1. The summed E-state index contributed by atoms with van der Waals surface area (Å²) >= 11 is 0. The molecule has 1 amide bonds. The van der Waals surface area contributed by atoms with Crippen LogP contribution in [-0.2, 0) is 16.1 Å². The van der Waals surface area contributed by atoms with Gasteiger partial charge in [-0.15, -0.1) is 0 Å². The van der Waals surface area contributed by atoms with Crippen molar-refractivity contribution in [3.63, 3.8) is 0 Å². The first-order valence-electron chi connectivity index (χ1n) is 10.6. The lowest BCUT2D eigenvalue weighted by Crippen LogP contribution is -2.60. The van der Waals surface area contributed by atoms with Crippen LogP contribution in [0.1, 0.15) is 24.1 Å². The quantitative estimate of drug-likeness (QED) is 0.687. The van der Waals surface area contributed by atoms with Crippen LogP contribution in [0.2, 0.25) is 0 Å². The van der Waals surface area contributed by atoms with Gasteiger partial charge in [0.2, 0.25) is 11.8 Å². The molecule has 5 rings (SSSR count). The van der Waals surface area contributed by atoms with Crippen LogP contribution >= 0.6 is 0 Å². The zero-order valence-corrected chi connectivity index (χ0v) is 17.8. The van der Waals surface area contributed by atoms with Crippen molar-refractivity contribution in [3.8, 4) is 5.88 Å². The normalized spacial score (nSPS) is 18.7. The standard InChI is InChI=1S/C22H26N6O3/c1-15-12-18(30-2)26-21(25-15)27-8-5-22(6-9-27)20(29)28(10-11-31-22)14-16-13-24-19-17(16)4-3-7-23-19/h3-4,7,12-13H,5-6,8-11,14H2,1-2H3,(H,23,24). The number of methoxy groups -OCH3 is 1. The molecule has 2 saturated heterocycles. The molecule has 0 unspecified atom stereocenters. The lowest BCUT2D eigenvalue weighted by atomic mass is 9.88. The maximum Gasteiger partial charge on any atom is 0.255 e. The van der Waals surface area contributed by atoms with Crippen molar-refractivity contribution in [1.29, 1.82) is 0 Å². The van der Waals surface area contributed by atoms with Gasteiger partial charge in [-0.1, -0.05) is 0 Å². The molecule has 31 heavy (non-hydrogen) atoms. The molecule has 162 valence electrons. The summed E-state index contributed by atoms with van der Waals surface area (Å²) in [5.41, 5.74) is 2.00. The first-order chi connectivity index (χ1) is 15.1. The minimum Gasteiger partial charge on any atom is -0.481 e. The molecule has 0 aliphatic carbocycles. The van der Waals surface area contributed by atoms with E-state index in [9.17, 15) is 4.79 Å². The third-order valence-electron chi connectivity index (χ3n) is 6.20. The highest BCUT2D eigenvalue weighted by Gasteiger charge is 2.47. The van der Waals surface area contributed by atoms with Crippen molar-refractivity contribution in [2.75, 3.05) is 38.3 Å². The molecule has 1 N–H and O–H groups in total. The number of aromatic amines is 1. The average Bonchev–Trinajstić information content (AvgIpc) is 3.20. The number of fused-ring (bicyclic) bond motifs is 1. The summed E-state index contributed by atoms with van der Waals surface area (Å²) in [6.45, 7) is 4.92. The Kier molecular flexibility index (Phi) is 4.97. The number of ether oxygens (including phenoxy) is 2. The van der Waals surface area contributed by atoms with Crippen LogP contribution in [0.5, 0.6) is 5.88 Å². The van der Waals surface area contributed by atoms with Gasteiger partial charge < -0.3 is 24.3 Å². The number of rotatable bonds is 4. The van der Waals surface area contributed by atoms with Crippen molar-refractivity contribution in [1.82, 2.24) is 24.8 Å². The summed E-state index contributed by atoms with van der Waals surface area (Å²) in [4.78, 5) is 34.0. The molecule has 0 saturated carbocycles. The number of nitrogens with zero attached hydrogens (tertiary/aromatic N) is 5. The number of aryl methyl sites for hydroxylation is 1. The predicted molar refractivity (Wildman–Crippen MR) is 115 cm³/mol. The summed E-state index contributed by atoms with van der Waals surface area (Å²) in [5, 5.41) is 1.05. The van der Waals surface area contributed by atoms with Crippen LogP contribution in [0.4, 0.5) is 5.95 Å². The molecular formula is C22H26N6O3. The van der Waals surface area contributed by atoms with Crippen LogP contribution in [-0.4, -0.2) is 69.7 Å². The number of pyridine rings is 1. The first kappa shape index (κ1) is 19.7. The fraction of sp³-hybridized carbons (Fsp3) is 0.455. The predicted octanol–water partition coefficient (Wildman–Crippen LogP) is 2.07. The maximum atomic E-state index is 13.5. The summed E-state index contributed by atoms with van der Waals surface area (Å²) in [5.74, 6) is 1.25. The molecule has 9 nitrogen and oxygen atoms in total. The van der Waals surface area contributed by atoms with Gasteiger partial charge in [0, 0.05) is 68.6 Å². The minimum absolute atomic E-state index is 0.0689. The van der Waals surface area contributed by atoms with Crippen molar-refractivity contribution >= 4 is 22.9 Å². The van der Waals surface area contributed by atoms with Gasteiger partial charge >= 0.3 is 0 Å². The summed E-state index contributed by atoms with van der Waals surface area (Å²) in [6, 6.07) is 5.75. The van der Waals surface area contributed by atoms with E-state index < -0.39 is 5.60 Å². The Hall–Kier alpha value is -3.20. The van der Waals surface area contributed by atoms with Crippen molar-refractivity contribution in [2.24, 2.45) is 0 Å². The van der Waals surface area contributed by atoms with Gasteiger partial charge in [-0.3, -0.25) is 4.79 Å². The maximum absolute atomic E-state index is 13.5. The zero-order chi connectivity index (χ0) is 21.4. The van der Waals surface area contributed by atoms with E-state index in [0.29, 0.717) is 57.5 Å². The van der Waals surface area contributed by atoms with Crippen LogP contribution in [0, 0.1) is 6.92 Å². The van der Waals surface area contributed by atoms with Gasteiger partial charge in [0.1, 0.15) is 11.2 Å². The number of amides is 1. The number of hydrogen-bond acceptors (Lipinski definition) is 7. The largest absolute Gasteiger partial charge is 0.481 e. The van der Waals surface area contributed by atoms with Crippen LogP contribution in [0.3, 0.4) is 0 Å². The van der Waals surface area contributed by atoms with Crippen molar-refractivity contribution in [3.05, 3.63) is 41.9 Å². The Labute approximate surface area is 180 Å². The molecule has 0 radical (unpaired) electrons. The Morgan fingerprint density at radius 1 is 1.26 bits per heavy atom. The third-order valence-corrected chi connectivity index (χ3v) is 6.20. The van der Waals surface area contributed by atoms with Gasteiger partial charge in [0.15, 0.2) is 0 Å². The molecule has 0 atom stereocenters. The van der Waals surface area contributed by atoms with Gasteiger partial charge in [0.25, 0.3) is 5.91 Å². The van der Waals surface area contributed by atoms with Crippen LogP contribution < -0.4 is 9.64 Å². The number of piperidine rings is 1. The highest BCUT2D eigenvalue weighted by molar-refractivity contribution is 5.87. The Morgan fingerprint density at radius 2 is 2.10 bits per heavy atom. The molecule has 2 aliphatic rings. The first-order valence-corrected chi connectivity index (χ1v) is 10.6. The third kappa shape index (κ3) is 3.59. The van der Waals surface area contributed by atoms with E-state index in [2.05, 4.69) is 24.8 Å². The van der Waals surface area contributed by atoms with E-state index in [1.807, 2.05) is 30.2 Å². The Balaban J connectivity index is 1.31. The van der Waals surface area contributed by atoms with Gasteiger partial charge in [-0.05, 0) is 24.6 Å². The van der Waals surface area contributed by atoms with Crippen molar-refractivity contribution < 1.29 is 14.3 Å². The van der Waals surface area contributed by atoms with E-state index in [4.69, 9.17) is 9.47 Å². The van der Waals surface area contributed by atoms with E-state index in [-0.39, 0.29) is 5.91 Å². The van der Waals surface area contributed by atoms with Gasteiger partial charge in [-0.2, -0.15) is 4.98 Å². The van der Waals surface area contributed by atoms with E-state index >= 15 is 0 Å². The van der Waals surface area contributed by atoms with E-state index in [1.165, 1.54) is 0 Å². The highest BCUT2D eigenvalue weighted by Crippen LogP contribution is 2.34. The molecule has 5 heterocycles. The van der Waals surface area contributed by atoms with Crippen molar-refractivity contribution in [2.45, 2.75) is 31.9 Å². The summed E-state index contributed by atoms with van der Waals surface area (Å²) in [7, 11) is 1.60.